The van der Waals surface area contributed by atoms with Crippen LogP contribution in [-0.2, 0) is 4.79 Å². The summed E-state index contributed by atoms with van der Waals surface area (Å²) in [4.78, 5) is 19.0. The van der Waals surface area contributed by atoms with Crippen molar-refractivity contribution in [3.05, 3.63) is 0 Å². The first-order valence-electron chi connectivity index (χ1n) is 8.89. The number of hydrogen-bond acceptors (Lipinski definition) is 5. The van der Waals surface area contributed by atoms with Crippen LogP contribution in [0.4, 0.5) is 0 Å². The van der Waals surface area contributed by atoms with E-state index in [1.165, 1.54) is 0 Å². The second-order valence-electron chi connectivity index (χ2n) is 7.97. The Morgan fingerprint density at radius 2 is 1.91 bits per heavy atom. The van der Waals surface area contributed by atoms with E-state index in [-0.39, 0.29) is 5.91 Å². The van der Waals surface area contributed by atoms with Crippen LogP contribution in [0.2, 0.25) is 0 Å². The van der Waals surface area contributed by atoms with Crippen LogP contribution in [0.15, 0.2) is 4.99 Å². The minimum atomic E-state index is -0.669. The van der Waals surface area contributed by atoms with Crippen LogP contribution >= 0.6 is 0 Å². The highest BCUT2D eigenvalue weighted by Crippen LogP contribution is 2.30. The standard InChI is InChI=1S/C17H33N5O/c1-12(2)10-17(5)15(23)22(16(18)19-17)11-14-6-8-21(9-7-14)20-13(3)4/h12-14,20H,6-11H2,1-5H3,(H2,18,19). The second kappa shape index (κ2) is 7.18. The summed E-state index contributed by atoms with van der Waals surface area (Å²) in [7, 11) is 0. The van der Waals surface area contributed by atoms with Crippen molar-refractivity contribution in [1.82, 2.24) is 15.3 Å². The molecule has 0 saturated carbocycles. The molecule has 1 amide bonds. The summed E-state index contributed by atoms with van der Waals surface area (Å²) in [6.07, 6.45) is 2.91. The Labute approximate surface area is 140 Å². The molecule has 132 valence electrons. The molecule has 0 spiro atoms. The molecule has 2 rings (SSSR count). The first kappa shape index (κ1) is 18.2. The van der Waals surface area contributed by atoms with E-state index in [0.717, 1.165) is 32.4 Å². The van der Waals surface area contributed by atoms with E-state index in [1.54, 1.807) is 4.90 Å². The molecule has 0 aliphatic carbocycles. The van der Waals surface area contributed by atoms with E-state index in [1.807, 2.05) is 6.92 Å². The van der Waals surface area contributed by atoms with Gasteiger partial charge in [0.1, 0.15) is 5.54 Å². The molecule has 2 heterocycles. The fourth-order valence-corrected chi connectivity index (χ4v) is 3.73. The van der Waals surface area contributed by atoms with Crippen LogP contribution in [0, 0.1) is 11.8 Å². The molecule has 0 aromatic carbocycles. The van der Waals surface area contributed by atoms with Crippen molar-refractivity contribution in [2.45, 2.75) is 65.5 Å². The summed E-state index contributed by atoms with van der Waals surface area (Å²) in [5.41, 5.74) is 8.85. The first-order chi connectivity index (χ1) is 10.7. The highest BCUT2D eigenvalue weighted by Gasteiger charge is 2.44. The minimum Gasteiger partial charge on any atom is -0.369 e. The Hall–Kier alpha value is -1.14. The molecule has 23 heavy (non-hydrogen) atoms. The van der Waals surface area contributed by atoms with E-state index >= 15 is 0 Å². The van der Waals surface area contributed by atoms with Gasteiger partial charge in [-0.25, -0.2) is 10.0 Å². The van der Waals surface area contributed by atoms with Gasteiger partial charge in [-0.2, -0.15) is 0 Å². The zero-order chi connectivity index (χ0) is 17.2. The van der Waals surface area contributed by atoms with Crippen LogP contribution in [0.3, 0.4) is 0 Å². The van der Waals surface area contributed by atoms with Gasteiger partial charge in [-0.05, 0) is 51.9 Å². The van der Waals surface area contributed by atoms with Crippen LogP contribution in [0.5, 0.6) is 0 Å². The number of nitrogens with zero attached hydrogens (tertiary/aromatic N) is 3. The fraction of sp³-hybridized carbons (Fsp3) is 0.882. The molecule has 1 atom stereocenters. The zero-order valence-electron chi connectivity index (χ0n) is 15.3. The highest BCUT2D eigenvalue weighted by atomic mass is 16.2. The molecule has 0 bridgehead atoms. The van der Waals surface area contributed by atoms with Crippen LogP contribution < -0.4 is 11.2 Å². The number of carbonyl (C=O) groups excluding carboxylic acids is 1. The van der Waals surface area contributed by atoms with Gasteiger partial charge in [-0.3, -0.25) is 15.1 Å². The molecule has 1 unspecified atom stereocenters. The number of aliphatic imine (C=N–C) groups is 1. The molecule has 1 fully saturated rings. The van der Waals surface area contributed by atoms with Gasteiger partial charge in [0.05, 0.1) is 0 Å². The second-order valence-corrected chi connectivity index (χ2v) is 7.97. The van der Waals surface area contributed by atoms with E-state index in [9.17, 15) is 4.79 Å². The van der Waals surface area contributed by atoms with E-state index in [0.29, 0.717) is 30.4 Å². The average Bonchev–Trinajstić information content (AvgIpc) is 2.62. The number of hydrazine groups is 1. The maximum Gasteiger partial charge on any atom is 0.257 e. The number of carbonyl (C=O) groups is 1. The molecule has 6 heteroatoms. The predicted octanol–water partition coefficient (Wildman–Crippen LogP) is 1.57. The van der Waals surface area contributed by atoms with Gasteiger partial charge in [0.15, 0.2) is 5.96 Å². The molecule has 3 N–H and O–H groups in total. The van der Waals surface area contributed by atoms with Crippen molar-refractivity contribution >= 4 is 11.9 Å². The first-order valence-corrected chi connectivity index (χ1v) is 8.89. The quantitative estimate of drug-likeness (QED) is 0.778. The Morgan fingerprint density at radius 3 is 2.43 bits per heavy atom. The number of nitrogens with one attached hydrogen (secondary N) is 1. The van der Waals surface area contributed by atoms with Crippen molar-refractivity contribution in [2.75, 3.05) is 19.6 Å². The predicted molar refractivity (Wildman–Crippen MR) is 93.8 cm³/mol. The molecule has 0 aromatic heterocycles. The van der Waals surface area contributed by atoms with Crippen molar-refractivity contribution in [3.63, 3.8) is 0 Å². The number of amides is 1. The van der Waals surface area contributed by atoms with E-state index in [4.69, 9.17) is 5.73 Å². The molecular weight excluding hydrogens is 290 g/mol. The molecular formula is C17H33N5O. The summed E-state index contributed by atoms with van der Waals surface area (Å²) < 4.78 is 0. The summed E-state index contributed by atoms with van der Waals surface area (Å²) in [6.45, 7) is 13.2. The molecule has 0 radical (unpaired) electrons. The highest BCUT2D eigenvalue weighted by molar-refractivity contribution is 6.06. The van der Waals surface area contributed by atoms with Gasteiger partial charge in [0, 0.05) is 25.7 Å². The molecule has 2 aliphatic rings. The summed E-state index contributed by atoms with van der Waals surface area (Å²) in [6, 6.07) is 0.464. The molecule has 0 aromatic rings. The fourth-order valence-electron chi connectivity index (χ4n) is 3.73. The normalized spacial score (nSPS) is 27.3. The van der Waals surface area contributed by atoms with Crippen LogP contribution in [0.1, 0.15) is 53.9 Å². The lowest BCUT2D eigenvalue weighted by Gasteiger charge is -2.35. The van der Waals surface area contributed by atoms with Gasteiger partial charge >= 0.3 is 0 Å². The van der Waals surface area contributed by atoms with Crippen molar-refractivity contribution < 1.29 is 4.79 Å². The van der Waals surface area contributed by atoms with Crippen molar-refractivity contribution in [1.29, 1.82) is 0 Å². The number of guanidine groups is 1. The lowest BCUT2D eigenvalue weighted by Crippen LogP contribution is -2.50. The SMILES string of the molecule is CC(C)CC1(C)N=C(N)N(CC2CCN(NC(C)C)CC2)C1=O. The Kier molecular flexibility index (Phi) is 5.68. The summed E-state index contributed by atoms with van der Waals surface area (Å²) >= 11 is 0. The van der Waals surface area contributed by atoms with Crippen LogP contribution in [-0.4, -0.2) is 53.0 Å². The van der Waals surface area contributed by atoms with Crippen molar-refractivity contribution in [3.8, 4) is 0 Å². The Balaban J connectivity index is 1.90. The molecule has 2 aliphatic heterocycles. The van der Waals surface area contributed by atoms with Gasteiger partial charge in [-0.1, -0.05) is 13.8 Å². The smallest absolute Gasteiger partial charge is 0.257 e. The number of rotatable bonds is 6. The number of nitrogens with two attached hydrogens (primary N) is 1. The van der Waals surface area contributed by atoms with Gasteiger partial charge in [0.25, 0.3) is 5.91 Å². The minimum absolute atomic E-state index is 0.0754. The van der Waals surface area contributed by atoms with Gasteiger partial charge < -0.3 is 5.73 Å². The lowest BCUT2D eigenvalue weighted by molar-refractivity contribution is -0.131. The Bertz CT molecular complexity index is 454. The third-order valence-corrected chi connectivity index (χ3v) is 4.65. The van der Waals surface area contributed by atoms with Crippen molar-refractivity contribution in [2.24, 2.45) is 22.6 Å². The monoisotopic (exact) mass is 323 g/mol. The zero-order valence-corrected chi connectivity index (χ0v) is 15.3. The Morgan fingerprint density at radius 1 is 1.30 bits per heavy atom. The van der Waals surface area contributed by atoms with E-state index in [2.05, 4.69) is 43.1 Å². The van der Waals surface area contributed by atoms with Crippen LogP contribution in [0.25, 0.3) is 0 Å². The maximum atomic E-state index is 12.8. The topological polar surface area (TPSA) is 74.0 Å². The third-order valence-electron chi connectivity index (χ3n) is 4.65. The number of piperidine rings is 1. The third kappa shape index (κ3) is 4.44. The average molecular weight is 323 g/mol. The lowest BCUT2D eigenvalue weighted by atomic mass is 9.90. The summed E-state index contributed by atoms with van der Waals surface area (Å²) in [5.74, 6) is 1.40. The maximum absolute atomic E-state index is 12.8. The molecule has 1 saturated heterocycles. The summed E-state index contributed by atoms with van der Waals surface area (Å²) in [5, 5.41) is 2.29. The molecule has 6 nitrogen and oxygen atoms in total. The number of hydrogen-bond donors (Lipinski definition) is 2. The van der Waals surface area contributed by atoms with Gasteiger partial charge in [-0.15, -0.1) is 0 Å². The van der Waals surface area contributed by atoms with Gasteiger partial charge in [0.2, 0.25) is 0 Å². The van der Waals surface area contributed by atoms with E-state index < -0.39 is 5.54 Å². The largest absolute Gasteiger partial charge is 0.369 e.